The summed E-state index contributed by atoms with van der Waals surface area (Å²) in [6, 6.07) is 9.71. The number of anilines is 1. The van der Waals surface area contributed by atoms with E-state index in [4.69, 9.17) is 4.99 Å². The molecule has 2 saturated carbocycles. The molecule has 2 N–H and O–H groups in total. The van der Waals surface area contributed by atoms with Crippen molar-refractivity contribution in [1.29, 1.82) is 0 Å². The summed E-state index contributed by atoms with van der Waals surface area (Å²) < 4.78 is 0. The van der Waals surface area contributed by atoms with Gasteiger partial charge in [0.05, 0.1) is 5.69 Å². The van der Waals surface area contributed by atoms with Gasteiger partial charge in [0, 0.05) is 53.4 Å². The Morgan fingerprint density at radius 1 is 1.19 bits per heavy atom. The third-order valence-corrected chi connectivity index (χ3v) is 8.84. The molecule has 0 amide bonds. The lowest BCUT2D eigenvalue weighted by Gasteiger charge is -2.61. The summed E-state index contributed by atoms with van der Waals surface area (Å²) in [5.74, 6) is 2.26. The summed E-state index contributed by atoms with van der Waals surface area (Å²) in [6.45, 7) is 17.7. The summed E-state index contributed by atoms with van der Waals surface area (Å²) in [6.07, 6.45) is 12.6. The van der Waals surface area contributed by atoms with E-state index in [9.17, 15) is 0 Å². The van der Waals surface area contributed by atoms with Crippen LogP contribution in [0.25, 0.3) is 10.8 Å². The molecule has 1 saturated heterocycles. The summed E-state index contributed by atoms with van der Waals surface area (Å²) >= 11 is 0. The predicted octanol–water partition coefficient (Wildman–Crippen LogP) is 5.99. The second kappa shape index (κ2) is 9.16. The number of hydrazine groups is 1. The number of pyridine rings is 1. The van der Waals surface area contributed by atoms with Gasteiger partial charge in [-0.2, -0.15) is 0 Å². The fraction of sp³-hybridized carbons (Fsp3) is 0.548. The van der Waals surface area contributed by atoms with Gasteiger partial charge >= 0.3 is 0 Å². The molecule has 1 unspecified atom stereocenters. The number of benzene rings is 1. The van der Waals surface area contributed by atoms with E-state index in [1.54, 1.807) is 0 Å². The molecule has 1 aromatic heterocycles. The van der Waals surface area contributed by atoms with Crippen LogP contribution < -0.4 is 15.8 Å². The molecular formula is C31H42N6. The van der Waals surface area contributed by atoms with E-state index < -0.39 is 0 Å². The molecule has 3 heterocycles. The zero-order valence-corrected chi connectivity index (χ0v) is 22.8. The maximum Gasteiger partial charge on any atom is 0.146 e. The van der Waals surface area contributed by atoms with E-state index in [0.29, 0.717) is 22.8 Å². The smallest absolute Gasteiger partial charge is 0.146 e. The van der Waals surface area contributed by atoms with Crippen molar-refractivity contribution in [2.75, 3.05) is 18.1 Å². The van der Waals surface area contributed by atoms with E-state index in [0.717, 1.165) is 47.1 Å². The molecule has 196 valence electrons. The number of nitrogens with one attached hydrogen (secondary N) is 2. The zero-order valence-electron chi connectivity index (χ0n) is 22.8. The molecule has 2 aromatic rings. The molecule has 2 aliphatic carbocycles. The van der Waals surface area contributed by atoms with Crippen LogP contribution in [0, 0.1) is 16.7 Å². The van der Waals surface area contributed by atoms with Crippen LogP contribution in [0.15, 0.2) is 66.3 Å². The van der Waals surface area contributed by atoms with Gasteiger partial charge in [-0.25, -0.2) is 10.0 Å². The molecule has 0 radical (unpaired) electrons. The monoisotopic (exact) mass is 498 g/mol. The van der Waals surface area contributed by atoms with Gasteiger partial charge in [-0.05, 0) is 74.5 Å². The first-order valence-corrected chi connectivity index (χ1v) is 14.0. The minimum absolute atomic E-state index is 0.298. The van der Waals surface area contributed by atoms with Gasteiger partial charge in [-0.3, -0.25) is 15.3 Å². The number of aliphatic imine (C=N–C) groups is 1. The molecule has 4 aliphatic rings. The van der Waals surface area contributed by atoms with E-state index >= 15 is 0 Å². The van der Waals surface area contributed by atoms with Gasteiger partial charge in [0.2, 0.25) is 0 Å². The highest BCUT2D eigenvalue weighted by Crippen LogP contribution is 2.57. The zero-order chi connectivity index (χ0) is 25.8. The number of hydrogen-bond acceptors (Lipinski definition) is 6. The summed E-state index contributed by atoms with van der Waals surface area (Å²) in [5.41, 5.74) is 6.78. The molecule has 3 fully saturated rings. The normalized spacial score (nSPS) is 30.0. The number of hydrogen-bond donors (Lipinski definition) is 2. The van der Waals surface area contributed by atoms with Crippen molar-refractivity contribution in [3.63, 3.8) is 0 Å². The van der Waals surface area contributed by atoms with Crippen LogP contribution in [0.1, 0.15) is 65.7 Å². The lowest BCUT2D eigenvalue weighted by Crippen LogP contribution is -2.62. The third kappa shape index (κ3) is 4.88. The topological polar surface area (TPSA) is 55.8 Å². The quantitative estimate of drug-likeness (QED) is 0.512. The van der Waals surface area contributed by atoms with Crippen molar-refractivity contribution in [2.45, 2.75) is 77.8 Å². The van der Waals surface area contributed by atoms with Crippen LogP contribution in [-0.2, 0) is 0 Å². The van der Waals surface area contributed by atoms with E-state index in [2.05, 4.69) is 78.8 Å². The van der Waals surface area contributed by atoms with E-state index in [1.807, 2.05) is 17.4 Å². The molecule has 1 atom stereocenters. The van der Waals surface area contributed by atoms with Gasteiger partial charge < -0.3 is 5.32 Å². The van der Waals surface area contributed by atoms with Crippen LogP contribution in [0.2, 0.25) is 0 Å². The number of likely N-dealkylation sites (tertiary alicyclic amines) is 1. The highest BCUT2D eigenvalue weighted by atomic mass is 15.6. The third-order valence-electron chi connectivity index (χ3n) is 8.84. The van der Waals surface area contributed by atoms with Crippen molar-refractivity contribution < 1.29 is 0 Å². The minimum Gasteiger partial charge on any atom is -0.386 e. The fourth-order valence-corrected chi connectivity index (χ4v) is 7.24. The second-order valence-corrected chi connectivity index (χ2v) is 13.2. The van der Waals surface area contributed by atoms with Gasteiger partial charge in [-0.1, -0.05) is 46.1 Å². The number of fused-ring (bicyclic) bond motifs is 1. The molecule has 37 heavy (non-hydrogen) atoms. The van der Waals surface area contributed by atoms with Crippen molar-refractivity contribution in [3.05, 3.63) is 61.3 Å². The lowest BCUT2D eigenvalue weighted by atomic mass is 9.51. The molecule has 2 aliphatic heterocycles. The SMILES string of the molecule is C=C(CC(C)(C)C)NC1CC2(C1)CC(N1CCCC(C3=NC(=C)N(c4cccc5cnccc45)N3)C1)C2. The number of nitrogens with zero attached hydrogens (tertiary/aromatic N) is 4. The van der Waals surface area contributed by atoms with Gasteiger partial charge in [0.15, 0.2) is 0 Å². The maximum atomic E-state index is 4.91. The highest BCUT2D eigenvalue weighted by Gasteiger charge is 2.54. The van der Waals surface area contributed by atoms with Crippen LogP contribution in [-0.4, -0.2) is 40.9 Å². The number of amidine groups is 1. The Morgan fingerprint density at radius 3 is 2.78 bits per heavy atom. The summed E-state index contributed by atoms with van der Waals surface area (Å²) in [7, 11) is 0. The molecule has 0 bridgehead atoms. The first-order valence-electron chi connectivity index (χ1n) is 14.0. The summed E-state index contributed by atoms with van der Waals surface area (Å²) in [5, 5.41) is 8.04. The van der Waals surface area contributed by atoms with Crippen LogP contribution >= 0.6 is 0 Å². The van der Waals surface area contributed by atoms with Gasteiger partial charge in [0.25, 0.3) is 0 Å². The maximum absolute atomic E-state index is 4.91. The van der Waals surface area contributed by atoms with Crippen molar-refractivity contribution in [1.82, 2.24) is 20.6 Å². The number of aromatic nitrogens is 1. The first kappa shape index (κ1) is 24.5. The standard InChI is InChI=1S/C31H42N6/c1-21(14-30(3,4)5)33-25-15-31(16-25)17-26(18-31)36-13-7-9-24(20-36)29-34-22(2)37(35-29)28-10-6-8-23-19-32-12-11-27(23)28/h6,8,10-12,19,24-26,33H,1-2,7,9,13-18,20H2,3-5H3,(H,34,35). The van der Waals surface area contributed by atoms with Crippen molar-refractivity contribution in [2.24, 2.45) is 21.7 Å². The van der Waals surface area contributed by atoms with Crippen LogP contribution in [0.4, 0.5) is 5.69 Å². The highest BCUT2D eigenvalue weighted by molar-refractivity contribution is 5.98. The molecular weight excluding hydrogens is 456 g/mol. The molecule has 6 rings (SSSR count). The number of rotatable bonds is 6. The van der Waals surface area contributed by atoms with E-state index in [-0.39, 0.29) is 0 Å². The molecule has 1 spiro atoms. The van der Waals surface area contributed by atoms with Crippen LogP contribution in [0.3, 0.4) is 0 Å². The van der Waals surface area contributed by atoms with Gasteiger partial charge in [0.1, 0.15) is 11.7 Å². The van der Waals surface area contributed by atoms with Gasteiger partial charge in [-0.15, -0.1) is 0 Å². The largest absolute Gasteiger partial charge is 0.386 e. The molecule has 6 heteroatoms. The van der Waals surface area contributed by atoms with Crippen molar-refractivity contribution >= 4 is 22.3 Å². The Labute approximate surface area is 221 Å². The van der Waals surface area contributed by atoms with Crippen molar-refractivity contribution in [3.8, 4) is 0 Å². The lowest BCUT2D eigenvalue weighted by molar-refractivity contribution is -0.0781. The second-order valence-electron chi connectivity index (χ2n) is 13.2. The minimum atomic E-state index is 0.298. The summed E-state index contributed by atoms with van der Waals surface area (Å²) in [4.78, 5) is 11.9. The Hall–Kier alpha value is -2.86. The average molecular weight is 499 g/mol. The van der Waals surface area contributed by atoms with Crippen LogP contribution in [0.5, 0.6) is 0 Å². The first-order chi connectivity index (χ1) is 17.7. The predicted molar refractivity (Wildman–Crippen MR) is 153 cm³/mol. The Balaban J connectivity index is 1.02. The molecule has 6 nitrogen and oxygen atoms in total. The van der Waals surface area contributed by atoms with E-state index in [1.165, 1.54) is 50.8 Å². The fourth-order valence-electron chi connectivity index (χ4n) is 7.24. The Bertz CT molecular complexity index is 1220. The molecule has 1 aromatic carbocycles. The average Bonchev–Trinajstić information content (AvgIpc) is 3.19. The Morgan fingerprint density at radius 2 is 2.00 bits per heavy atom. The Kier molecular flexibility index (Phi) is 6.06. The number of allylic oxidation sites excluding steroid dienone is 1. The number of piperidine rings is 1.